The number of piperidine rings is 1. The summed E-state index contributed by atoms with van der Waals surface area (Å²) in [5.74, 6) is -0.0871. The number of rotatable bonds is 3. The Hall–Kier alpha value is -1.30. The Labute approximate surface area is 126 Å². The van der Waals surface area contributed by atoms with E-state index in [9.17, 15) is 10.2 Å². The summed E-state index contributed by atoms with van der Waals surface area (Å²) in [5.41, 5.74) is 7.02. The number of nitrogens with zero attached hydrogens (tertiary/aromatic N) is 2. The minimum absolute atomic E-state index is 0.0340. The van der Waals surface area contributed by atoms with E-state index in [4.69, 9.17) is 5.73 Å². The molecule has 0 radical (unpaired) electrons. The molecule has 2 aliphatic heterocycles. The molecule has 0 saturated carbocycles. The molecule has 2 heterocycles. The molecule has 2 fully saturated rings. The number of hydrogen-bond donors (Lipinski definition) is 3. The number of likely N-dealkylation sites (tertiary alicyclic amines) is 2. The van der Waals surface area contributed by atoms with Crippen molar-refractivity contribution < 1.29 is 10.2 Å². The molecular weight excluding hydrogens is 266 g/mol. The van der Waals surface area contributed by atoms with E-state index < -0.39 is 0 Å². The van der Waals surface area contributed by atoms with Crippen LogP contribution in [0.5, 0.6) is 11.5 Å². The van der Waals surface area contributed by atoms with Crippen LogP contribution in [0.25, 0.3) is 0 Å². The van der Waals surface area contributed by atoms with Gasteiger partial charge in [0.25, 0.3) is 0 Å². The minimum atomic E-state index is -0.0531. The zero-order chi connectivity index (χ0) is 14.8. The molecule has 1 aromatic carbocycles. The Balaban J connectivity index is 1.53. The Morgan fingerprint density at radius 2 is 1.81 bits per heavy atom. The first-order valence-electron chi connectivity index (χ1n) is 7.84. The van der Waals surface area contributed by atoms with E-state index in [0.717, 1.165) is 51.1 Å². The Morgan fingerprint density at radius 1 is 1.05 bits per heavy atom. The molecule has 1 unspecified atom stereocenters. The molecule has 2 aliphatic rings. The third-order valence-electron chi connectivity index (χ3n) is 4.78. The molecule has 21 heavy (non-hydrogen) atoms. The van der Waals surface area contributed by atoms with Crippen molar-refractivity contribution in [2.75, 3.05) is 26.2 Å². The number of benzene rings is 1. The molecule has 0 amide bonds. The molecule has 5 nitrogen and oxygen atoms in total. The van der Waals surface area contributed by atoms with Crippen LogP contribution in [0.1, 0.15) is 24.8 Å². The van der Waals surface area contributed by atoms with Crippen molar-refractivity contribution in [3.63, 3.8) is 0 Å². The molecule has 3 rings (SSSR count). The van der Waals surface area contributed by atoms with E-state index in [0.29, 0.717) is 12.1 Å². The molecule has 0 aromatic heterocycles. The smallest absolute Gasteiger partial charge is 0.157 e. The molecule has 1 atom stereocenters. The van der Waals surface area contributed by atoms with Crippen LogP contribution in [0.2, 0.25) is 0 Å². The fourth-order valence-corrected chi connectivity index (χ4v) is 3.46. The van der Waals surface area contributed by atoms with Gasteiger partial charge in [0, 0.05) is 31.7 Å². The summed E-state index contributed by atoms with van der Waals surface area (Å²) >= 11 is 0. The zero-order valence-electron chi connectivity index (χ0n) is 12.4. The molecule has 2 saturated heterocycles. The largest absolute Gasteiger partial charge is 0.504 e. The summed E-state index contributed by atoms with van der Waals surface area (Å²) < 4.78 is 0. The van der Waals surface area contributed by atoms with E-state index in [1.807, 2.05) is 6.07 Å². The number of hydrogen-bond acceptors (Lipinski definition) is 5. The second-order valence-corrected chi connectivity index (χ2v) is 6.37. The van der Waals surface area contributed by atoms with E-state index in [1.165, 1.54) is 6.42 Å². The topological polar surface area (TPSA) is 73.0 Å². The number of aromatic hydroxyl groups is 2. The van der Waals surface area contributed by atoms with Crippen LogP contribution in [-0.4, -0.2) is 58.3 Å². The molecule has 4 N–H and O–H groups in total. The first kappa shape index (κ1) is 14.6. The second kappa shape index (κ2) is 6.22. The predicted molar refractivity (Wildman–Crippen MR) is 82.2 cm³/mol. The van der Waals surface area contributed by atoms with Crippen LogP contribution >= 0.6 is 0 Å². The van der Waals surface area contributed by atoms with E-state index >= 15 is 0 Å². The van der Waals surface area contributed by atoms with Crippen LogP contribution in [0.4, 0.5) is 0 Å². The van der Waals surface area contributed by atoms with Gasteiger partial charge in [-0.3, -0.25) is 9.80 Å². The van der Waals surface area contributed by atoms with Crippen molar-refractivity contribution in [2.24, 2.45) is 5.73 Å². The lowest BCUT2D eigenvalue weighted by molar-refractivity contribution is 0.151. The molecule has 0 aliphatic carbocycles. The fourth-order valence-electron chi connectivity index (χ4n) is 3.46. The van der Waals surface area contributed by atoms with Gasteiger partial charge in [0.15, 0.2) is 11.5 Å². The summed E-state index contributed by atoms with van der Waals surface area (Å²) in [7, 11) is 0. The molecule has 0 spiro atoms. The quantitative estimate of drug-likeness (QED) is 0.727. The van der Waals surface area contributed by atoms with E-state index in [1.54, 1.807) is 12.1 Å². The highest BCUT2D eigenvalue weighted by Crippen LogP contribution is 2.27. The van der Waals surface area contributed by atoms with Crippen LogP contribution in [-0.2, 0) is 6.54 Å². The van der Waals surface area contributed by atoms with Crippen LogP contribution < -0.4 is 5.73 Å². The first-order valence-corrected chi connectivity index (χ1v) is 7.84. The van der Waals surface area contributed by atoms with Gasteiger partial charge in [-0.25, -0.2) is 0 Å². The van der Waals surface area contributed by atoms with Crippen molar-refractivity contribution in [1.82, 2.24) is 9.80 Å². The molecule has 5 heteroatoms. The molecule has 116 valence electrons. The van der Waals surface area contributed by atoms with Gasteiger partial charge in [0.2, 0.25) is 0 Å². The highest BCUT2D eigenvalue weighted by atomic mass is 16.3. The maximum Gasteiger partial charge on any atom is 0.157 e. The predicted octanol–water partition coefficient (Wildman–Crippen LogP) is 1.10. The normalized spacial score (nSPS) is 25.5. The summed E-state index contributed by atoms with van der Waals surface area (Å²) in [4.78, 5) is 5.00. The third kappa shape index (κ3) is 3.48. The molecule has 1 aromatic rings. The first-order chi connectivity index (χ1) is 10.1. The summed E-state index contributed by atoms with van der Waals surface area (Å²) in [6.45, 7) is 5.25. The molecular formula is C16H25N3O2. The summed E-state index contributed by atoms with van der Waals surface area (Å²) in [6, 6.07) is 6.12. The minimum Gasteiger partial charge on any atom is -0.504 e. The lowest BCUT2D eigenvalue weighted by Gasteiger charge is -2.34. The van der Waals surface area contributed by atoms with Gasteiger partial charge in [-0.05, 0) is 50.0 Å². The van der Waals surface area contributed by atoms with Gasteiger partial charge < -0.3 is 15.9 Å². The highest BCUT2D eigenvalue weighted by molar-refractivity contribution is 5.40. The van der Waals surface area contributed by atoms with Crippen molar-refractivity contribution in [1.29, 1.82) is 0 Å². The lowest BCUT2D eigenvalue weighted by atomic mass is 10.0. The summed E-state index contributed by atoms with van der Waals surface area (Å²) in [5, 5.41) is 18.9. The maximum absolute atomic E-state index is 9.57. The lowest BCUT2D eigenvalue weighted by Crippen LogP contribution is -2.46. The van der Waals surface area contributed by atoms with Crippen molar-refractivity contribution >= 4 is 0 Å². The Bertz CT molecular complexity index is 486. The number of phenols is 2. The zero-order valence-corrected chi connectivity index (χ0v) is 12.4. The van der Waals surface area contributed by atoms with E-state index in [-0.39, 0.29) is 11.5 Å². The van der Waals surface area contributed by atoms with E-state index in [2.05, 4.69) is 9.80 Å². The van der Waals surface area contributed by atoms with Crippen molar-refractivity contribution in [2.45, 2.75) is 37.9 Å². The SMILES string of the molecule is NC1CCN(C2CCN(Cc3ccc(O)c(O)c3)C2)CC1. The van der Waals surface area contributed by atoms with Gasteiger partial charge in [-0.1, -0.05) is 6.07 Å². The third-order valence-corrected chi connectivity index (χ3v) is 4.78. The van der Waals surface area contributed by atoms with Gasteiger partial charge in [0.05, 0.1) is 0 Å². The number of nitrogens with two attached hydrogens (primary N) is 1. The van der Waals surface area contributed by atoms with Crippen LogP contribution in [0, 0.1) is 0 Å². The van der Waals surface area contributed by atoms with Crippen LogP contribution in [0.3, 0.4) is 0 Å². The summed E-state index contributed by atoms with van der Waals surface area (Å²) in [6.07, 6.45) is 3.43. The highest BCUT2D eigenvalue weighted by Gasteiger charge is 2.29. The monoisotopic (exact) mass is 291 g/mol. The van der Waals surface area contributed by atoms with Gasteiger partial charge in [0.1, 0.15) is 0 Å². The van der Waals surface area contributed by atoms with Gasteiger partial charge >= 0.3 is 0 Å². The second-order valence-electron chi connectivity index (χ2n) is 6.37. The van der Waals surface area contributed by atoms with Crippen molar-refractivity contribution in [3.8, 4) is 11.5 Å². The van der Waals surface area contributed by atoms with Crippen LogP contribution in [0.15, 0.2) is 18.2 Å². The Morgan fingerprint density at radius 3 is 2.52 bits per heavy atom. The van der Waals surface area contributed by atoms with Gasteiger partial charge in [-0.15, -0.1) is 0 Å². The molecule has 0 bridgehead atoms. The van der Waals surface area contributed by atoms with Crippen molar-refractivity contribution in [3.05, 3.63) is 23.8 Å². The average Bonchev–Trinajstić information content (AvgIpc) is 2.92. The average molecular weight is 291 g/mol. The Kier molecular flexibility index (Phi) is 4.33. The fraction of sp³-hybridized carbons (Fsp3) is 0.625. The standard InChI is InChI=1S/C16H25N3O2/c17-13-3-7-19(8-4-13)14-5-6-18(11-14)10-12-1-2-15(20)16(21)9-12/h1-2,9,13-14,20-21H,3-8,10-11,17H2. The maximum atomic E-state index is 9.57. The number of phenolic OH excluding ortho intramolecular Hbond substituents is 2. The van der Waals surface area contributed by atoms with Gasteiger partial charge in [-0.2, -0.15) is 0 Å².